The molecule has 6 heteroatoms. The molecule has 0 aromatic heterocycles. The van der Waals surface area contributed by atoms with Crippen LogP contribution >= 0.6 is 12.4 Å². The molecular formula is C15H24ClN3O2. The minimum atomic E-state index is -0.552. The zero-order chi connectivity index (χ0) is 15.3. The summed E-state index contributed by atoms with van der Waals surface area (Å²) < 4.78 is 0. The number of nitrogens with two attached hydrogens (primary N) is 1. The van der Waals surface area contributed by atoms with Crippen LogP contribution in [0.15, 0.2) is 24.3 Å². The van der Waals surface area contributed by atoms with Gasteiger partial charge in [-0.25, -0.2) is 0 Å². The van der Waals surface area contributed by atoms with E-state index in [4.69, 9.17) is 5.73 Å². The van der Waals surface area contributed by atoms with E-state index in [2.05, 4.69) is 10.6 Å². The Labute approximate surface area is 132 Å². The predicted molar refractivity (Wildman–Crippen MR) is 88.6 cm³/mol. The summed E-state index contributed by atoms with van der Waals surface area (Å²) in [5, 5.41) is 5.54. The van der Waals surface area contributed by atoms with Crippen LogP contribution < -0.4 is 16.4 Å². The molecule has 0 aliphatic heterocycles. The molecule has 0 saturated carbocycles. The molecule has 2 amide bonds. The molecule has 0 aliphatic carbocycles. The van der Waals surface area contributed by atoms with Gasteiger partial charge in [-0.1, -0.05) is 33.8 Å². The number of carbonyl (C=O) groups is 2. The highest BCUT2D eigenvalue weighted by atomic mass is 35.5. The smallest absolute Gasteiger partial charge is 0.241 e. The average molecular weight is 314 g/mol. The molecule has 1 aromatic rings. The van der Waals surface area contributed by atoms with E-state index in [0.29, 0.717) is 11.4 Å². The number of benzene rings is 1. The van der Waals surface area contributed by atoms with Gasteiger partial charge in [0.25, 0.3) is 0 Å². The number of anilines is 2. The first kappa shape index (κ1) is 19.4. The summed E-state index contributed by atoms with van der Waals surface area (Å²) in [7, 11) is 0. The Morgan fingerprint density at radius 3 is 1.90 bits per heavy atom. The van der Waals surface area contributed by atoms with Gasteiger partial charge in [0.15, 0.2) is 0 Å². The molecule has 4 N–H and O–H groups in total. The molecule has 0 saturated heterocycles. The zero-order valence-electron chi connectivity index (χ0n) is 12.8. The van der Waals surface area contributed by atoms with Crippen molar-refractivity contribution in [3.63, 3.8) is 0 Å². The van der Waals surface area contributed by atoms with Crippen molar-refractivity contribution < 1.29 is 9.59 Å². The molecule has 1 atom stereocenters. The van der Waals surface area contributed by atoms with Crippen LogP contribution in [0.4, 0.5) is 11.4 Å². The van der Waals surface area contributed by atoms with Gasteiger partial charge in [0.1, 0.15) is 0 Å². The molecule has 0 heterocycles. The molecule has 5 nitrogen and oxygen atoms in total. The van der Waals surface area contributed by atoms with E-state index in [1.54, 1.807) is 24.3 Å². The van der Waals surface area contributed by atoms with E-state index < -0.39 is 6.04 Å². The second-order valence-electron chi connectivity index (χ2n) is 5.48. The van der Waals surface area contributed by atoms with Crippen LogP contribution in [-0.2, 0) is 9.59 Å². The van der Waals surface area contributed by atoms with Crippen LogP contribution in [0.25, 0.3) is 0 Å². The summed E-state index contributed by atoms with van der Waals surface area (Å²) in [5.74, 6) is -0.318. The molecular weight excluding hydrogens is 290 g/mol. The van der Waals surface area contributed by atoms with E-state index in [1.165, 1.54) is 0 Å². The fourth-order valence-corrected chi connectivity index (χ4v) is 1.49. The van der Waals surface area contributed by atoms with Gasteiger partial charge >= 0.3 is 0 Å². The van der Waals surface area contributed by atoms with Crippen molar-refractivity contribution in [3.05, 3.63) is 24.3 Å². The molecule has 21 heavy (non-hydrogen) atoms. The van der Waals surface area contributed by atoms with Crippen molar-refractivity contribution in [2.24, 2.45) is 17.6 Å². The van der Waals surface area contributed by atoms with Crippen molar-refractivity contribution in [1.82, 2.24) is 0 Å². The van der Waals surface area contributed by atoms with Gasteiger partial charge in [-0.15, -0.1) is 12.4 Å². The lowest BCUT2D eigenvalue weighted by Gasteiger charge is -2.16. The highest BCUT2D eigenvalue weighted by Gasteiger charge is 2.17. The Kier molecular flexibility index (Phi) is 7.99. The number of nitrogens with one attached hydrogen (secondary N) is 2. The molecule has 0 bridgehead atoms. The summed E-state index contributed by atoms with van der Waals surface area (Å²) in [6.45, 7) is 7.43. The zero-order valence-corrected chi connectivity index (χ0v) is 13.7. The molecule has 0 fully saturated rings. The van der Waals surface area contributed by atoms with Crippen molar-refractivity contribution in [2.75, 3.05) is 10.6 Å². The minimum absolute atomic E-state index is 0. The van der Waals surface area contributed by atoms with Crippen LogP contribution in [0.5, 0.6) is 0 Å². The van der Waals surface area contributed by atoms with E-state index >= 15 is 0 Å². The lowest BCUT2D eigenvalue weighted by molar-refractivity contribution is -0.119. The number of hydrogen-bond acceptors (Lipinski definition) is 3. The number of halogens is 1. The van der Waals surface area contributed by atoms with Crippen molar-refractivity contribution in [2.45, 2.75) is 33.7 Å². The topological polar surface area (TPSA) is 84.2 Å². The fraction of sp³-hybridized carbons (Fsp3) is 0.467. The summed E-state index contributed by atoms with van der Waals surface area (Å²) in [4.78, 5) is 23.5. The summed E-state index contributed by atoms with van der Waals surface area (Å²) in [6, 6.07) is 6.47. The van der Waals surface area contributed by atoms with E-state index in [-0.39, 0.29) is 36.1 Å². The first-order valence-electron chi connectivity index (χ1n) is 6.78. The molecule has 118 valence electrons. The van der Waals surface area contributed by atoms with Gasteiger partial charge in [-0.05, 0) is 24.1 Å². The first-order chi connectivity index (χ1) is 9.31. The quantitative estimate of drug-likeness (QED) is 0.781. The Morgan fingerprint density at radius 2 is 1.48 bits per heavy atom. The lowest BCUT2D eigenvalue weighted by Crippen LogP contribution is -2.39. The molecule has 0 spiro atoms. The van der Waals surface area contributed by atoms with Crippen molar-refractivity contribution in [3.8, 4) is 0 Å². The number of rotatable bonds is 5. The standard InChI is InChI=1S/C15H23N3O2.ClH/c1-9(2)13(16)15(20)18-12-7-5-6-11(8-12)17-14(19)10(3)4;/h5-10,13H,16H2,1-4H3,(H,17,19)(H,18,20);1H. The summed E-state index contributed by atoms with van der Waals surface area (Å²) >= 11 is 0. The SMILES string of the molecule is CC(C)C(=O)Nc1cccc(NC(=O)C(N)C(C)C)c1.Cl. The van der Waals surface area contributed by atoms with Crippen LogP contribution in [0.2, 0.25) is 0 Å². The maximum Gasteiger partial charge on any atom is 0.241 e. The third-order valence-corrected chi connectivity index (χ3v) is 2.94. The number of hydrogen-bond donors (Lipinski definition) is 3. The summed E-state index contributed by atoms with van der Waals surface area (Å²) in [6.07, 6.45) is 0. The largest absolute Gasteiger partial charge is 0.326 e. The van der Waals surface area contributed by atoms with E-state index in [0.717, 1.165) is 0 Å². The Bertz CT molecular complexity index is 490. The monoisotopic (exact) mass is 313 g/mol. The minimum Gasteiger partial charge on any atom is -0.326 e. The lowest BCUT2D eigenvalue weighted by atomic mass is 10.0. The maximum absolute atomic E-state index is 11.9. The second-order valence-corrected chi connectivity index (χ2v) is 5.48. The van der Waals surface area contributed by atoms with Crippen LogP contribution in [0.3, 0.4) is 0 Å². The number of carbonyl (C=O) groups excluding carboxylic acids is 2. The summed E-state index contributed by atoms with van der Waals surface area (Å²) in [5.41, 5.74) is 7.06. The Hall–Kier alpha value is -1.59. The third-order valence-electron chi connectivity index (χ3n) is 2.94. The van der Waals surface area contributed by atoms with E-state index in [1.807, 2.05) is 27.7 Å². The van der Waals surface area contributed by atoms with Gasteiger partial charge < -0.3 is 16.4 Å². The van der Waals surface area contributed by atoms with Gasteiger partial charge in [0.05, 0.1) is 6.04 Å². The van der Waals surface area contributed by atoms with Crippen LogP contribution in [0, 0.1) is 11.8 Å². The molecule has 0 aliphatic rings. The predicted octanol–water partition coefficient (Wildman–Crippen LogP) is 2.62. The average Bonchev–Trinajstić information content (AvgIpc) is 2.37. The van der Waals surface area contributed by atoms with Crippen LogP contribution in [-0.4, -0.2) is 17.9 Å². The highest BCUT2D eigenvalue weighted by Crippen LogP contribution is 2.16. The molecule has 1 aromatic carbocycles. The highest BCUT2D eigenvalue weighted by molar-refractivity contribution is 5.96. The van der Waals surface area contributed by atoms with Crippen molar-refractivity contribution in [1.29, 1.82) is 0 Å². The first-order valence-corrected chi connectivity index (χ1v) is 6.78. The van der Waals surface area contributed by atoms with Gasteiger partial charge in [-0.3, -0.25) is 9.59 Å². The van der Waals surface area contributed by atoms with Gasteiger partial charge in [0, 0.05) is 17.3 Å². The maximum atomic E-state index is 11.9. The Morgan fingerprint density at radius 1 is 1.00 bits per heavy atom. The van der Waals surface area contributed by atoms with Crippen LogP contribution in [0.1, 0.15) is 27.7 Å². The molecule has 1 rings (SSSR count). The van der Waals surface area contributed by atoms with E-state index in [9.17, 15) is 9.59 Å². The molecule has 1 unspecified atom stereocenters. The molecule has 0 radical (unpaired) electrons. The Balaban J connectivity index is 0.00000400. The third kappa shape index (κ3) is 6.14. The second kappa shape index (κ2) is 8.64. The number of amides is 2. The fourth-order valence-electron chi connectivity index (χ4n) is 1.49. The van der Waals surface area contributed by atoms with Gasteiger partial charge in [-0.2, -0.15) is 0 Å². The van der Waals surface area contributed by atoms with Crippen molar-refractivity contribution >= 4 is 35.6 Å². The van der Waals surface area contributed by atoms with Gasteiger partial charge in [0.2, 0.25) is 11.8 Å². The normalized spacial score (nSPS) is 11.8.